The Hall–Kier alpha value is -1.80. The summed E-state index contributed by atoms with van der Waals surface area (Å²) in [6, 6.07) is 20.0. The quantitative estimate of drug-likeness (QED) is 0.914. The molecule has 0 fully saturated rings. The minimum atomic E-state index is 0.386. The van der Waals surface area contributed by atoms with Gasteiger partial charge in [-0.3, -0.25) is 0 Å². The third kappa shape index (κ3) is 3.27. The molecule has 0 bridgehead atoms. The lowest BCUT2D eigenvalue weighted by molar-refractivity contribution is 0.518. The zero-order valence-corrected chi connectivity index (χ0v) is 12.9. The maximum absolute atomic E-state index is 3.72. The lowest BCUT2D eigenvalue weighted by Crippen LogP contribution is -2.34. The first-order valence-electron chi connectivity index (χ1n) is 7.85. The fourth-order valence-corrected chi connectivity index (χ4v) is 3.11. The second-order valence-electron chi connectivity index (χ2n) is 6.27. The van der Waals surface area contributed by atoms with Gasteiger partial charge in [-0.05, 0) is 23.1 Å². The molecule has 1 N–H and O–H groups in total. The zero-order chi connectivity index (χ0) is 14.7. The zero-order valence-electron chi connectivity index (χ0n) is 12.9. The van der Waals surface area contributed by atoms with Gasteiger partial charge in [0.2, 0.25) is 0 Å². The summed E-state index contributed by atoms with van der Waals surface area (Å²) in [4.78, 5) is 2.54. The van der Waals surface area contributed by atoms with Gasteiger partial charge in [0.05, 0.1) is 6.04 Å². The minimum absolute atomic E-state index is 0.386. The van der Waals surface area contributed by atoms with Gasteiger partial charge in [-0.15, -0.1) is 0 Å². The number of hydrogen-bond donors (Lipinski definition) is 1. The van der Waals surface area contributed by atoms with Gasteiger partial charge < -0.3 is 10.2 Å². The lowest BCUT2D eigenvalue weighted by atomic mass is 10.1. The van der Waals surface area contributed by atoms with Gasteiger partial charge in [0.15, 0.2) is 0 Å². The van der Waals surface area contributed by atoms with Crippen molar-refractivity contribution in [1.29, 1.82) is 0 Å². The van der Waals surface area contributed by atoms with Crippen LogP contribution in [0.25, 0.3) is 0 Å². The third-order valence-electron chi connectivity index (χ3n) is 4.06. The Kier molecular flexibility index (Phi) is 4.26. The van der Waals surface area contributed by atoms with E-state index in [1.54, 1.807) is 0 Å². The van der Waals surface area contributed by atoms with Gasteiger partial charge in [-0.25, -0.2) is 0 Å². The second-order valence-corrected chi connectivity index (χ2v) is 6.27. The standard InChI is InChI=1S/C19H24N2/c1-15(2)13-21-14-18(16-8-4-3-5-9-16)20-12-17-10-6-7-11-19(17)21/h3-11,15,18,20H,12-14H2,1-2H3. The summed E-state index contributed by atoms with van der Waals surface area (Å²) in [7, 11) is 0. The number of benzene rings is 2. The van der Waals surface area contributed by atoms with E-state index in [0.29, 0.717) is 12.0 Å². The van der Waals surface area contributed by atoms with E-state index in [1.165, 1.54) is 16.8 Å². The van der Waals surface area contributed by atoms with E-state index < -0.39 is 0 Å². The summed E-state index contributed by atoms with van der Waals surface area (Å²) in [6.45, 7) is 7.64. The van der Waals surface area contributed by atoms with Crippen LogP contribution in [-0.4, -0.2) is 13.1 Å². The number of hydrogen-bond acceptors (Lipinski definition) is 2. The molecule has 2 heteroatoms. The number of fused-ring (bicyclic) bond motifs is 1. The van der Waals surface area contributed by atoms with Crippen LogP contribution in [0, 0.1) is 5.92 Å². The van der Waals surface area contributed by atoms with E-state index in [2.05, 4.69) is 78.7 Å². The number of nitrogens with one attached hydrogen (secondary N) is 1. The Balaban J connectivity index is 1.90. The van der Waals surface area contributed by atoms with Crippen LogP contribution >= 0.6 is 0 Å². The van der Waals surface area contributed by atoms with E-state index in [9.17, 15) is 0 Å². The SMILES string of the molecule is CC(C)CN1CC(c2ccccc2)NCc2ccccc21. The summed E-state index contributed by atoms with van der Waals surface area (Å²) >= 11 is 0. The molecule has 21 heavy (non-hydrogen) atoms. The molecule has 0 aliphatic carbocycles. The van der Waals surface area contributed by atoms with E-state index in [1.807, 2.05) is 0 Å². The van der Waals surface area contributed by atoms with Crippen molar-refractivity contribution in [1.82, 2.24) is 5.32 Å². The highest BCUT2D eigenvalue weighted by atomic mass is 15.2. The predicted octanol–water partition coefficient (Wildman–Crippen LogP) is 3.99. The van der Waals surface area contributed by atoms with Crippen LogP contribution in [0.4, 0.5) is 5.69 Å². The first-order valence-corrected chi connectivity index (χ1v) is 7.85. The minimum Gasteiger partial charge on any atom is -0.369 e. The number of rotatable bonds is 3. The largest absolute Gasteiger partial charge is 0.369 e. The van der Waals surface area contributed by atoms with Crippen LogP contribution in [0.5, 0.6) is 0 Å². The molecule has 1 unspecified atom stereocenters. The smallest absolute Gasteiger partial charge is 0.0500 e. The molecule has 0 saturated carbocycles. The Morgan fingerprint density at radius 2 is 1.76 bits per heavy atom. The average Bonchev–Trinajstić information content (AvgIpc) is 2.68. The molecule has 110 valence electrons. The van der Waals surface area contributed by atoms with Crippen molar-refractivity contribution in [3.63, 3.8) is 0 Å². The summed E-state index contributed by atoms with van der Waals surface area (Å²) in [5.41, 5.74) is 4.16. The van der Waals surface area contributed by atoms with E-state index in [0.717, 1.165) is 19.6 Å². The highest BCUT2D eigenvalue weighted by Gasteiger charge is 2.22. The predicted molar refractivity (Wildman–Crippen MR) is 89.5 cm³/mol. The normalized spacial score (nSPS) is 18.4. The van der Waals surface area contributed by atoms with E-state index >= 15 is 0 Å². The first kappa shape index (κ1) is 14.2. The van der Waals surface area contributed by atoms with Crippen LogP contribution in [0.15, 0.2) is 54.6 Å². The highest BCUT2D eigenvalue weighted by Crippen LogP contribution is 2.28. The number of nitrogens with zero attached hydrogens (tertiary/aromatic N) is 1. The summed E-state index contributed by atoms with van der Waals surface area (Å²) < 4.78 is 0. The van der Waals surface area contributed by atoms with Gasteiger partial charge in [-0.2, -0.15) is 0 Å². The molecule has 1 heterocycles. The van der Waals surface area contributed by atoms with Gasteiger partial charge in [0.1, 0.15) is 0 Å². The maximum Gasteiger partial charge on any atom is 0.0500 e. The number of para-hydroxylation sites is 1. The van der Waals surface area contributed by atoms with Crippen LogP contribution in [0.1, 0.15) is 31.0 Å². The molecule has 0 amide bonds. The van der Waals surface area contributed by atoms with Gasteiger partial charge >= 0.3 is 0 Å². The summed E-state index contributed by atoms with van der Waals surface area (Å²) in [5.74, 6) is 0.660. The molecule has 0 spiro atoms. The number of anilines is 1. The Labute approximate surface area is 127 Å². The monoisotopic (exact) mass is 280 g/mol. The first-order chi connectivity index (χ1) is 10.2. The van der Waals surface area contributed by atoms with Gasteiger partial charge in [0.25, 0.3) is 0 Å². The molecule has 0 aromatic heterocycles. The van der Waals surface area contributed by atoms with Gasteiger partial charge in [0, 0.05) is 25.3 Å². The van der Waals surface area contributed by atoms with Crippen LogP contribution in [0.3, 0.4) is 0 Å². The van der Waals surface area contributed by atoms with Crippen molar-refractivity contribution in [3.8, 4) is 0 Å². The highest BCUT2D eigenvalue weighted by molar-refractivity contribution is 5.55. The van der Waals surface area contributed by atoms with Crippen molar-refractivity contribution in [2.75, 3.05) is 18.0 Å². The molecule has 1 aliphatic rings. The topological polar surface area (TPSA) is 15.3 Å². The molecule has 1 aliphatic heterocycles. The second kappa shape index (κ2) is 6.31. The van der Waals surface area contributed by atoms with Crippen LogP contribution in [0.2, 0.25) is 0 Å². The van der Waals surface area contributed by atoms with Crippen LogP contribution < -0.4 is 10.2 Å². The van der Waals surface area contributed by atoms with E-state index in [4.69, 9.17) is 0 Å². The molecule has 2 nitrogen and oxygen atoms in total. The molecule has 0 radical (unpaired) electrons. The summed E-state index contributed by atoms with van der Waals surface area (Å²) in [5, 5.41) is 3.72. The van der Waals surface area contributed by atoms with Crippen molar-refractivity contribution in [3.05, 3.63) is 65.7 Å². The Morgan fingerprint density at radius 3 is 2.52 bits per heavy atom. The molecule has 2 aromatic carbocycles. The maximum atomic E-state index is 3.72. The molecular formula is C19H24N2. The third-order valence-corrected chi connectivity index (χ3v) is 4.06. The molecule has 3 rings (SSSR count). The molecule has 2 aromatic rings. The van der Waals surface area contributed by atoms with E-state index in [-0.39, 0.29) is 0 Å². The molecule has 0 saturated heterocycles. The molecule has 1 atom stereocenters. The van der Waals surface area contributed by atoms with Crippen molar-refractivity contribution < 1.29 is 0 Å². The average molecular weight is 280 g/mol. The Morgan fingerprint density at radius 1 is 1.05 bits per heavy atom. The Bertz CT molecular complexity index is 577. The lowest BCUT2D eigenvalue weighted by Gasteiger charge is -2.29. The molecular weight excluding hydrogens is 256 g/mol. The fraction of sp³-hybridized carbons (Fsp3) is 0.368. The summed E-state index contributed by atoms with van der Waals surface area (Å²) in [6.07, 6.45) is 0. The van der Waals surface area contributed by atoms with Crippen molar-refractivity contribution in [2.45, 2.75) is 26.4 Å². The van der Waals surface area contributed by atoms with Gasteiger partial charge in [-0.1, -0.05) is 62.4 Å². The van der Waals surface area contributed by atoms with Crippen molar-refractivity contribution in [2.24, 2.45) is 5.92 Å². The van der Waals surface area contributed by atoms with Crippen molar-refractivity contribution >= 4 is 5.69 Å². The van der Waals surface area contributed by atoms with Crippen LogP contribution in [-0.2, 0) is 6.54 Å². The fourth-order valence-electron chi connectivity index (χ4n) is 3.11.